The molecule has 0 spiro atoms. The Morgan fingerprint density at radius 2 is 1.80 bits per heavy atom. The SMILES string of the molecule is Cc1ccc(S(=O)(=O)C(NC=O)=C2CCOCC2)cc1. The molecule has 108 valence electrons. The van der Waals surface area contributed by atoms with Crippen LogP contribution in [0, 0.1) is 6.92 Å². The van der Waals surface area contributed by atoms with Crippen molar-refractivity contribution in [1.29, 1.82) is 0 Å². The summed E-state index contributed by atoms with van der Waals surface area (Å²) in [5.41, 5.74) is 1.69. The maximum absolute atomic E-state index is 12.6. The lowest BCUT2D eigenvalue weighted by molar-refractivity contribution is -0.108. The first kappa shape index (κ1) is 14.7. The van der Waals surface area contributed by atoms with Gasteiger partial charge in [-0.3, -0.25) is 4.79 Å². The van der Waals surface area contributed by atoms with Crippen molar-refractivity contribution in [2.75, 3.05) is 13.2 Å². The first-order valence-electron chi connectivity index (χ1n) is 6.37. The maximum Gasteiger partial charge on any atom is 0.221 e. The van der Waals surface area contributed by atoms with E-state index in [-0.39, 0.29) is 9.92 Å². The summed E-state index contributed by atoms with van der Waals surface area (Å²) in [6.07, 6.45) is 1.44. The van der Waals surface area contributed by atoms with Crippen molar-refractivity contribution in [3.8, 4) is 0 Å². The molecule has 0 radical (unpaired) electrons. The quantitative estimate of drug-likeness (QED) is 0.855. The Kier molecular flexibility index (Phi) is 4.57. The van der Waals surface area contributed by atoms with Crippen molar-refractivity contribution in [2.24, 2.45) is 0 Å². The predicted molar refractivity (Wildman–Crippen MR) is 74.6 cm³/mol. The molecule has 1 aromatic rings. The number of hydrogen-bond acceptors (Lipinski definition) is 4. The van der Waals surface area contributed by atoms with Crippen molar-refractivity contribution in [1.82, 2.24) is 5.32 Å². The number of rotatable bonds is 4. The van der Waals surface area contributed by atoms with Crippen molar-refractivity contribution in [2.45, 2.75) is 24.7 Å². The van der Waals surface area contributed by atoms with E-state index >= 15 is 0 Å². The molecule has 0 atom stereocenters. The van der Waals surface area contributed by atoms with Crippen LogP contribution in [-0.2, 0) is 19.4 Å². The Bertz CT molecular complexity index is 609. The molecule has 0 bridgehead atoms. The van der Waals surface area contributed by atoms with Gasteiger partial charge in [0.15, 0.2) is 0 Å². The predicted octanol–water partition coefficient (Wildman–Crippen LogP) is 1.54. The van der Waals surface area contributed by atoms with E-state index in [2.05, 4.69) is 5.32 Å². The number of carbonyl (C=O) groups excluding carboxylic acids is 1. The van der Waals surface area contributed by atoms with E-state index in [1.54, 1.807) is 24.3 Å². The summed E-state index contributed by atoms with van der Waals surface area (Å²) < 4.78 is 30.4. The third-order valence-corrected chi connectivity index (χ3v) is 5.04. The minimum Gasteiger partial charge on any atom is -0.381 e. The first-order chi connectivity index (χ1) is 9.55. The lowest BCUT2D eigenvalue weighted by atomic mass is 10.1. The van der Waals surface area contributed by atoms with E-state index in [0.29, 0.717) is 38.0 Å². The highest BCUT2D eigenvalue weighted by Gasteiger charge is 2.25. The summed E-state index contributed by atoms with van der Waals surface area (Å²) in [6, 6.07) is 6.58. The summed E-state index contributed by atoms with van der Waals surface area (Å²) in [4.78, 5) is 10.9. The van der Waals surface area contributed by atoms with Crippen LogP contribution < -0.4 is 5.32 Å². The number of amides is 1. The molecule has 0 aliphatic carbocycles. The number of nitrogens with one attached hydrogen (secondary N) is 1. The third-order valence-electron chi connectivity index (χ3n) is 3.21. The second kappa shape index (κ2) is 6.19. The standard InChI is InChI=1S/C14H17NO4S/c1-11-2-4-13(5-3-11)20(17,18)14(15-10-16)12-6-8-19-9-7-12/h2-5,10H,6-9H2,1H3,(H,15,16). The van der Waals surface area contributed by atoms with E-state index in [1.807, 2.05) is 6.92 Å². The largest absolute Gasteiger partial charge is 0.381 e. The molecule has 6 heteroatoms. The van der Waals surface area contributed by atoms with Gasteiger partial charge in [-0.25, -0.2) is 8.42 Å². The van der Waals surface area contributed by atoms with Crippen LogP contribution in [0.15, 0.2) is 39.8 Å². The van der Waals surface area contributed by atoms with Gasteiger partial charge in [-0.2, -0.15) is 0 Å². The molecular formula is C14H17NO4S. The monoisotopic (exact) mass is 295 g/mol. The molecule has 1 heterocycles. The molecule has 1 amide bonds. The zero-order chi connectivity index (χ0) is 14.6. The molecule has 0 unspecified atom stereocenters. The Morgan fingerprint density at radius 1 is 1.20 bits per heavy atom. The van der Waals surface area contributed by atoms with Crippen LogP contribution in [0.5, 0.6) is 0 Å². The highest BCUT2D eigenvalue weighted by atomic mass is 32.2. The minimum absolute atomic E-state index is 0.000321. The number of hydrogen-bond donors (Lipinski definition) is 1. The average Bonchev–Trinajstić information content (AvgIpc) is 2.46. The van der Waals surface area contributed by atoms with Gasteiger partial charge < -0.3 is 10.1 Å². The molecule has 2 rings (SSSR count). The Morgan fingerprint density at radius 3 is 2.35 bits per heavy atom. The Labute approximate surface area is 118 Å². The molecular weight excluding hydrogens is 278 g/mol. The minimum atomic E-state index is -3.70. The van der Waals surface area contributed by atoms with Crippen LogP contribution in [0.4, 0.5) is 0 Å². The van der Waals surface area contributed by atoms with Gasteiger partial charge in [0.25, 0.3) is 0 Å². The number of aryl methyl sites for hydroxylation is 1. The van der Waals surface area contributed by atoms with Crippen molar-refractivity contribution >= 4 is 16.2 Å². The summed E-state index contributed by atoms with van der Waals surface area (Å²) >= 11 is 0. The molecule has 1 fully saturated rings. The fraction of sp³-hybridized carbons (Fsp3) is 0.357. The van der Waals surface area contributed by atoms with Gasteiger partial charge in [0.05, 0.1) is 18.1 Å². The van der Waals surface area contributed by atoms with Gasteiger partial charge >= 0.3 is 0 Å². The summed E-state index contributed by atoms with van der Waals surface area (Å²) in [5.74, 6) is 0. The van der Waals surface area contributed by atoms with E-state index in [0.717, 1.165) is 5.56 Å². The van der Waals surface area contributed by atoms with Crippen LogP contribution in [0.3, 0.4) is 0 Å². The number of benzene rings is 1. The fourth-order valence-electron chi connectivity index (χ4n) is 2.10. The van der Waals surface area contributed by atoms with E-state index in [4.69, 9.17) is 4.74 Å². The molecule has 1 aromatic carbocycles. The van der Waals surface area contributed by atoms with Crippen molar-refractivity contribution < 1.29 is 17.9 Å². The maximum atomic E-state index is 12.6. The van der Waals surface area contributed by atoms with Gasteiger partial charge in [0.2, 0.25) is 16.2 Å². The zero-order valence-electron chi connectivity index (χ0n) is 11.3. The van der Waals surface area contributed by atoms with Crippen LogP contribution in [0.25, 0.3) is 0 Å². The van der Waals surface area contributed by atoms with Gasteiger partial charge in [-0.05, 0) is 37.5 Å². The lowest BCUT2D eigenvalue weighted by Gasteiger charge is -2.19. The molecule has 1 N–H and O–H groups in total. The summed E-state index contributed by atoms with van der Waals surface area (Å²) in [6.45, 7) is 2.84. The molecule has 1 aliphatic rings. The lowest BCUT2D eigenvalue weighted by Crippen LogP contribution is -2.24. The Hall–Kier alpha value is -1.66. The van der Waals surface area contributed by atoms with Gasteiger partial charge in [0.1, 0.15) is 5.03 Å². The van der Waals surface area contributed by atoms with Gasteiger partial charge in [0, 0.05) is 0 Å². The molecule has 1 saturated heterocycles. The number of ether oxygens (including phenoxy) is 1. The van der Waals surface area contributed by atoms with Crippen LogP contribution >= 0.6 is 0 Å². The van der Waals surface area contributed by atoms with Crippen molar-refractivity contribution in [3.05, 3.63) is 40.4 Å². The highest BCUT2D eigenvalue weighted by Crippen LogP contribution is 2.25. The van der Waals surface area contributed by atoms with Crippen molar-refractivity contribution in [3.63, 3.8) is 0 Å². The van der Waals surface area contributed by atoms with Crippen LogP contribution in [0.1, 0.15) is 18.4 Å². The molecule has 0 aromatic heterocycles. The zero-order valence-corrected chi connectivity index (χ0v) is 12.1. The second-order valence-electron chi connectivity index (χ2n) is 4.62. The topological polar surface area (TPSA) is 72.5 Å². The average molecular weight is 295 g/mol. The molecule has 5 nitrogen and oxygen atoms in total. The molecule has 0 saturated carbocycles. The summed E-state index contributed by atoms with van der Waals surface area (Å²) in [7, 11) is -3.70. The van der Waals surface area contributed by atoms with E-state index in [9.17, 15) is 13.2 Å². The van der Waals surface area contributed by atoms with E-state index < -0.39 is 9.84 Å². The van der Waals surface area contributed by atoms with Gasteiger partial charge in [-0.15, -0.1) is 0 Å². The normalized spacial score (nSPS) is 15.8. The first-order valence-corrected chi connectivity index (χ1v) is 7.85. The Balaban J connectivity index is 2.46. The smallest absolute Gasteiger partial charge is 0.221 e. The summed E-state index contributed by atoms with van der Waals surface area (Å²) in [5, 5.41) is 2.36. The molecule has 20 heavy (non-hydrogen) atoms. The van der Waals surface area contributed by atoms with E-state index in [1.165, 1.54) is 0 Å². The second-order valence-corrected chi connectivity index (χ2v) is 6.51. The fourth-order valence-corrected chi connectivity index (χ4v) is 3.62. The number of carbonyl (C=O) groups is 1. The number of sulfone groups is 1. The highest BCUT2D eigenvalue weighted by molar-refractivity contribution is 7.95. The third kappa shape index (κ3) is 3.08. The van der Waals surface area contributed by atoms with Crippen LogP contribution in [-0.4, -0.2) is 28.0 Å². The molecule has 1 aliphatic heterocycles. The van der Waals surface area contributed by atoms with Crippen LogP contribution in [0.2, 0.25) is 0 Å². The van der Waals surface area contributed by atoms with Gasteiger partial charge in [-0.1, -0.05) is 17.7 Å².